The number of ether oxygens (including phenoxy) is 1. The molecule has 0 saturated heterocycles. The monoisotopic (exact) mass is 236 g/mol. The van der Waals surface area contributed by atoms with E-state index in [0.717, 1.165) is 12.2 Å². The number of benzene rings is 1. The first-order valence-electron chi connectivity index (χ1n) is 6.31. The summed E-state index contributed by atoms with van der Waals surface area (Å²) < 4.78 is 6.08. The average molecular weight is 236 g/mol. The van der Waals surface area contributed by atoms with Gasteiger partial charge in [0, 0.05) is 0 Å². The molecule has 1 aromatic carbocycles. The third kappa shape index (κ3) is 2.17. The number of hydrogen-bond acceptors (Lipinski definition) is 1. The Kier molecular flexibility index (Phi) is 2.89. The second-order valence-electron chi connectivity index (χ2n) is 4.69. The van der Waals surface area contributed by atoms with Crippen LogP contribution >= 0.6 is 0 Å². The maximum atomic E-state index is 6.08. The van der Waals surface area contributed by atoms with E-state index in [4.69, 9.17) is 4.74 Å². The normalized spacial score (nSPS) is 21.6. The van der Waals surface area contributed by atoms with Gasteiger partial charge in [-0.05, 0) is 42.7 Å². The molecule has 0 aromatic heterocycles. The molecule has 0 amide bonds. The molecule has 0 heterocycles. The molecule has 1 nitrogen and oxygen atoms in total. The summed E-state index contributed by atoms with van der Waals surface area (Å²) in [7, 11) is 0. The van der Waals surface area contributed by atoms with Gasteiger partial charge < -0.3 is 4.74 Å². The molecule has 2 aliphatic carbocycles. The van der Waals surface area contributed by atoms with Crippen molar-refractivity contribution in [2.75, 3.05) is 0 Å². The van der Waals surface area contributed by atoms with Crippen molar-refractivity contribution < 1.29 is 4.74 Å². The Morgan fingerprint density at radius 3 is 2.83 bits per heavy atom. The van der Waals surface area contributed by atoms with Crippen LogP contribution in [-0.4, -0.2) is 6.10 Å². The third-order valence-corrected chi connectivity index (χ3v) is 3.25. The van der Waals surface area contributed by atoms with Gasteiger partial charge in [-0.3, -0.25) is 0 Å². The topological polar surface area (TPSA) is 9.23 Å². The largest absolute Gasteiger partial charge is 0.482 e. The average Bonchev–Trinajstić information content (AvgIpc) is 2.40. The Morgan fingerprint density at radius 1 is 1.17 bits per heavy atom. The van der Waals surface area contributed by atoms with Gasteiger partial charge >= 0.3 is 0 Å². The van der Waals surface area contributed by atoms with Crippen LogP contribution in [0.2, 0.25) is 0 Å². The molecule has 3 rings (SSSR count). The Balaban J connectivity index is 1.89. The molecule has 90 valence electrons. The fraction of sp³-hybridized carbons (Fsp3) is 0.176. The molecular formula is C17H16O. The van der Waals surface area contributed by atoms with Crippen molar-refractivity contribution in [3.05, 3.63) is 77.4 Å². The molecule has 0 N–H and O–H groups in total. The predicted octanol–water partition coefficient (Wildman–Crippen LogP) is 4.21. The minimum absolute atomic E-state index is 0.0392. The van der Waals surface area contributed by atoms with Crippen LogP contribution in [0.15, 0.2) is 77.4 Å². The molecule has 2 aliphatic rings. The second kappa shape index (κ2) is 4.69. The molecule has 0 saturated carbocycles. The maximum absolute atomic E-state index is 6.08. The zero-order valence-electron chi connectivity index (χ0n) is 10.5. The smallest absolute Gasteiger partial charge is 0.143 e. The lowest BCUT2D eigenvalue weighted by molar-refractivity contribution is 0.284. The Hall–Kier alpha value is -2.02. The Labute approximate surface area is 108 Å². The van der Waals surface area contributed by atoms with Crippen molar-refractivity contribution in [1.29, 1.82) is 0 Å². The lowest BCUT2D eigenvalue weighted by Crippen LogP contribution is -2.21. The van der Waals surface area contributed by atoms with E-state index in [2.05, 4.69) is 37.3 Å². The number of rotatable bonds is 2. The molecule has 1 atom stereocenters. The van der Waals surface area contributed by atoms with Crippen molar-refractivity contribution in [2.45, 2.75) is 19.4 Å². The van der Waals surface area contributed by atoms with Crippen molar-refractivity contribution in [3.63, 3.8) is 0 Å². The van der Waals surface area contributed by atoms with Crippen LogP contribution in [0.4, 0.5) is 0 Å². The second-order valence-corrected chi connectivity index (χ2v) is 4.69. The lowest BCUT2D eigenvalue weighted by atomic mass is 9.87. The molecule has 0 radical (unpaired) electrons. The van der Waals surface area contributed by atoms with E-state index in [-0.39, 0.29) is 6.10 Å². The summed E-state index contributed by atoms with van der Waals surface area (Å²) in [5.41, 5.74) is 3.93. The quantitative estimate of drug-likeness (QED) is 0.747. The molecule has 1 unspecified atom stereocenters. The van der Waals surface area contributed by atoms with Crippen molar-refractivity contribution in [3.8, 4) is 5.75 Å². The molecule has 1 heteroatoms. The van der Waals surface area contributed by atoms with Gasteiger partial charge in [0.25, 0.3) is 0 Å². The van der Waals surface area contributed by atoms with Crippen molar-refractivity contribution in [2.24, 2.45) is 0 Å². The Bertz CT molecular complexity index is 559. The number of allylic oxidation sites excluding steroid dienone is 5. The van der Waals surface area contributed by atoms with E-state index in [1.807, 2.05) is 30.3 Å². The molecular weight excluding hydrogens is 220 g/mol. The zero-order valence-corrected chi connectivity index (χ0v) is 10.5. The van der Waals surface area contributed by atoms with Crippen LogP contribution in [0, 0.1) is 0 Å². The summed E-state index contributed by atoms with van der Waals surface area (Å²) in [6.45, 7) is 2.13. The molecule has 0 spiro atoms. The maximum Gasteiger partial charge on any atom is 0.143 e. The first-order valence-corrected chi connectivity index (χ1v) is 6.31. The van der Waals surface area contributed by atoms with E-state index < -0.39 is 0 Å². The van der Waals surface area contributed by atoms with Gasteiger partial charge in [-0.15, -0.1) is 0 Å². The minimum Gasteiger partial charge on any atom is -0.482 e. The predicted molar refractivity (Wildman–Crippen MR) is 74.5 cm³/mol. The van der Waals surface area contributed by atoms with Crippen molar-refractivity contribution in [1.82, 2.24) is 0 Å². The summed E-state index contributed by atoms with van der Waals surface area (Å²) in [6, 6.07) is 10.0. The van der Waals surface area contributed by atoms with Crippen LogP contribution < -0.4 is 4.74 Å². The van der Waals surface area contributed by atoms with Crippen LogP contribution in [0.3, 0.4) is 0 Å². The molecule has 0 bridgehead atoms. The highest BCUT2D eigenvalue weighted by Gasteiger charge is 2.21. The molecule has 0 aliphatic heterocycles. The van der Waals surface area contributed by atoms with E-state index in [9.17, 15) is 0 Å². The highest BCUT2D eigenvalue weighted by Crippen LogP contribution is 2.31. The van der Waals surface area contributed by atoms with E-state index in [1.165, 1.54) is 16.7 Å². The summed E-state index contributed by atoms with van der Waals surface area (Å²) in [4.78, 5) is 0. The fourth-order valence-corrected chi connectivity index (χ4v) is 2.41. The molecule has 18 heavy (non-hydrogen) atoms. The van der Waals surface area contributed by atoms with Gasteiger partial charge in [-0.2, -0.15) is 0 Å². The lowest BCUT2D eigenvalue weighted by Gasteiger charge is -2.26. The number of hydrogen-bond donors (Lipinski definition) is 0. The SMILES string of the molecule is CC1=CC(Oc2ccccc2)C2=CC=CCC2=C1. The molecule has 1 aromatic rings. The third-order valence-electron chi connectivity index (χ3n) is 3.25. The van der Waals surface area contributed by atoms with Gasteiger partial charge in [0.1, 0.15) is 11.9 Å². The Morgan fingerprint density at radius 2 is 2.00 bits per heavy atom. The van der Waals surface area contributed by atoms with E-state index in [0.29, 0.717) is 0 Å². The standard InChI is InChI=1S/C17H16O/c1-13-11-14-7-5-6-10-16(14)17(12-13)18-15-8-3-2-4-9-15/h2-6,8-12,17H,7H2,1H3. The highest BCUT2D eigenvalue weighted by molar-refractivity contribution is 5.51. The fourth-order valence-electron chi connectivity index (χ4n) is 2.41. The highest BCUT2D eigenvalue weighted by atomic mass is 16.5. The van der Waals surface area contributed by atoms with Crippen LogP contribution in [0.25, 0.3) is 0 Å². The van der Waals surface area contributed by atoms with Gasteiger partial charge in [0.15, 0.2) is 0 Å². The zero-order chi connectivity index (χ0) is 12.4. The van der Waals surface area contributed by atoms with Gasteiger partial charge in [-0.1, -0.05) is 48.1 Å². The van der Waals surface area contributed by atoms with E-state index >= 15 is 0 Å². The summed E-state index contributed by atoms with van der Waals surface area (Å²) in [5, 5.41) is 0. The minimum atomic E-state index is 0.0392. The van der Waals surface area contributed by atoms with Gasteiger partial charge in [0.05, 0.1) is 0 Å². The van der Waals surface area contributed by atoms with E-state index in [1.54, 1.807) is 0 Å². The number of para-hydroxylation sites is 1. The van der Waals surface area contributed by atoms with Gasteiger partial charge in [-0.25, -0.2) is 0 Å². The first kappa shape index (κ1) is 11.1. The molecule has 0 fully saturated rings. The number of fused-ring (bicyclic) bond motifs is 1. The van der Waals surface area contributed by atoms with Crippen LogP contribution in [-0.2, 0) is 0 Å². The first-order chi connectivity index (χ1) is 8.83. The summed E-state index contributed by atoms with van der Waals surface area (Å²) in [6.07, 6.45) is 11.9. The van der Waals surface area contributed by atoms with Crippen LogP contribution in [0.1, 0.15) is 13.3 Å². The summed E-state index contributed by atoms with van der Waals surface area (Å²) >= 11 is 0. The summed E-state index contributed by atoms with van der Waals surface area (Å²) in [5.74, 6) is 0.920. The van der Waals surface area contributed by atoms with Crippen molar-refractivity contribution >= 4 is 0 Å². The van der Waals surface area contributed by atoms with Gasteiger partial charge in [0.2, 0.25) is 0 Å². The van der Waals surface area contributed by atoms with Crippen LogP contribution in [0.5, 0.6) is 5.75 Å².